The van der Waals surface area contributed by atoms with Crippen molar-refractivity contribution in [3.63, 3.8) is 0 Å². The van der Waals surface area contributed by atoms with Crippen molar-refractivity contribution >= 4 is 5.69 Å². The monoisotopic (exact) mass is 251 g/mol. The number of anilines is 1. The fraction of sp³-hybridized carbons (Fsp3) is 0.333. The molecular weight excluding hydrogens is 230 g/mol. The summed E-state index contributed by atoms with van der Waals surface area (Å²) >= 11 is 0. The first-order valence-electron chi connectivity index (χ1n) is 6.98. The smallest absolute Gasteiger partial charge is 0.0557 e. The molecule has 1 atom stereocenters. The third kappa shape index (κ3) is 2.14. The molecule has 0 amide bonds. The average Bonchev–Trinajstić information content (AvgIpc) is 2.72. The highest BCUT2D eigenvalue weighted by atomic mass is 14.9. The molecule has 0 radical (unpaired) electrons. The summed E-state index contributed by atoms with van der Waals surface area (Å²) in [6.07, 6.45) is 1.10. The number of nitrogens with one attached hydrogen (secondary N) is 1. The van der Waals surface area contributed by atoms with E-state index in [0.29, 0.717) is 6.04 Å². The summed E-state index contributed by atoms with van der Waals surface area (Å²) < 4.78 is 0. The average molecular weight is 251 g/mol. The maximum Gasteiger partial charge on any atom is 0.0557 e. The molecule has 3 rings (SSSR count). The highest BCUT2D eigenvalue weighted by molar-refractivity contribution is 5.62. The molecule has 1 N–H and O–H groups in total. The van der Waals surface area contributed by atoms with Gasteiger partial charge in [-0.15, -0.1) is 0 Å². The van der Waals surface area contributed by atoms with E-state index in [0.717, 1.165) is 6.42 Å². The van der Waals surface area contributed by atoms with Crippen molar-refractivity contribution in [1.82, 2.24) is 0 Å². The van der Waals surface area contributed by atoms with E-state index >= 15 is 0 Å². The van der Waals surface area contributed by atoms with Gasteiger partial charge in [-0.05, 0) is 68.0 Å². The zero-order chi connectivity index (χ0) is 13.6. The van der Waals surface area contributed by atoms with Crippen LogP contribution in [0.1, 0.15) is 39.4 Å². The lowest BCUT2D eigenvalue weighted by molar-refractivity contribution is 0.813. The molecule has 19 heavy (non-hydrogen) atoms. The largest absolute Gasteiger partial charge is 0.378 e. The lowest BCUT2D eigenvalue weighted by Gasteiger charge is -2.15. The van der Waals surface area contributed by atoms with Crippen LogP contribution >= 0.6 is 0 Å². The van der Waals surface area contributed by atoms with Gasteiger partial charge in [-0.2, -0.15) is 0 Å². The molecule has 2 aromatic rings. The summed E-state index contributed by atoms with van der Waals surface area (Å²) in [5.41, 5.74) is 9.71. The normalized spacial score (nSPS) is 17.2. The van der Waals surface area contributed by atoms with Crippen LogP contribution in [-0.4, -0.2) is 0 Å². The molecule has 1 unspecified atom stereocenters. The predicted octanol–water partition coefficient (Wildman–Crippen LogP) is 4.63. The lowest BCUT2D eigenvalue weighted by Crippen LogP contribution is -2.07. The Hall–Kier alpha value is -1.76. The van der Waals surface area contributed by atoms with E-state index in [-0.39, 0.29) is 0 Å². The molecule has 1 aliphatic rings. The molecule has 98 valence electrons. The summed E-state index contributed by atoms with van der Waals surface area (Å²) in [5, 5.41) is 3.69. The Morgan fingerprint density at radius 2 is 1.63 bits per heavy atom. The van der Waals surface area contributed by atoms with Crippen LogP contribution < -0.4 is 5.32 Å². The predicted molar refractivity (Wildman–Crippen MR) is 81.9 cm³/mol. The number of fused-ring (bicyclic) bond motifs is 1. The Labute approximate surface area is 115 Å². The van der Waals surface area contributed by atoms with Crippen LogP contribution in [0.15, 0.2) is 30.3 Å². The summed E-state index contributed by atoms with van der Waals surface area (Å²) in [6, 6.07) is 11.7. The topological polar surface area (TPSA) is 12.0 Å². The van der Waals surface area contributed by atoms with Gasteiger partial charge in [0.2, 0.25) is 0 Å². The van der Waals surface area contributed by atoms with Crippen LogP contribution in [0.3, 0.4) is 0 Å². The van der Waals surface area contributed by atoms with Gasteiger partial charge in [0.25, 0.3) is 0 Å². The number of hydrogen-bond donors (Lipinski definition) is 1. The summed E-state index contributed by atoms with van der Waals surface area (Å²) in [4.78, 5) is 0. The second-order valence-corrected chi connectivity index (χ2v) is 5.87. The first-order chi connectivity index (χ1) is 9.04. The van der Waals surface area contributed by atoms with Gasteiger partial charge in [0.05, 0.1) is 6.04 Å². The molecule has 0 saturated carbocycles. The zero-order valence-electron chi connectivity index (χ0n) is 12.2. The minimum Gasteiger partial charge on any atom is -0.378 e. The van der Waals surface area contributed by atoms with Crippen molar-refractivity contribution in [2.24, 2.45) is 0 Å². The minimum absolute atomic E-state index is 0.427. The van der Waals surface area contributed by atoms with E-state index in [1.807, 2.05) is 0 Å². The first-order valence-corrected chi connectivity index (χ1v) is 6.98. The fourth-order valence-electron chi connectivity index (χ4n) is 3.24. The minimum atomic E-state index is 0.427. The molecule has 1 heterocycles. The Morgan fingerprint density at radius 3 is 2.37 bits per heavy atom. The van der Waals surface area contributed by atoms with E-state index in [4.69, 9.17) is 0 Å². The second-order valence-electron chi connectivity index (χ2n) is 5.87. The molecule has 1 nitrogen and oxygen atoms in total. The van der Waals surface area contributed by atoms with Crippen molar-refractivity contribution in [3.05, 3.63) is 63.7 Å². The summed E-state index contributed by atoms with van der Waals surface area (Å²) in [6.45, 7) is 8.75. The maximum atomic E-state index is 3.69. The number of rotatable bonds is 1. The van der Waals surface area contributed by atoms with Crippen molar-refractivity contribution in [2.75, 3.05) is 5.32 Å². The summed E-state index contributed by atoms with van der Waals surface area (Å²) in [7, 11) is 0. The van der Waals surface area contributed by atoms with Gasteiger partial charge in [-0.3, -0.25) is 0 Å². The SMILES string of the molecule is Cc1ccc(C2Cc3c(C)cc(C)cc3N2)c(C)c1. The Kier molecular flexibility index (Phi) is 2.85. The van der Waals surface area contributed by atoms with E-state index in [1.165, 1.54) is 39.1 Å². The quantitative estimate of drug-likeness (QED) is 0.779. The molecule has 0 spiro atoms. The summed E-state index contributed by atoms with van der Waals surface area (Å²) in [5.74, 6) is 0. The maximum absolute atomic E-state index is 3.69. The molecule has 0 aromatic heterocycles. The Bertz CT molecular complexity index is 640. The van der Waals surface area contributed by atoms with E-state index < -0.39 is 0 Å². The van der Waals surface area contributed by atoms with Gasteiger partial charge in [0, 0.05) is 5.69 Å². The Morgan fingerprint density at radius 1 is 0.895 bits per heavy atom. The molecule has 0 bridgehead atoms. The van der Waals surface area contributed by atoms with Crippen LogP contribution in [0.2, 0.25) is 0 Å². The van der Waals surface area contributed by atoms with Crippen molar-refractivity contribution < 1.29 is 0 Å². The van der Waals surface area contributed by atoms with Gasteiger partial charge < -0.3 is 5.32 Å². The van der Waals surface area contributed by atoms with Gasteiger partial charge in [-0.1, -0.05) is 29.8 Å². The standard InChI is InChI=1S/C18H21N/c1-11-5-6-15(13(3)7-11)18-10-16-14(4)8-12(2)9-17(16)19-18/h5-9,18-19H,10H2,1-4H3. The van der Waals surface area contributed by atoms with Crippen LogP contribution in [0.25, 0.3) is 0 Å². The zero-order valence-corrected chi connectivity index (χ0v) is 12.2. The molecular formula is C18H21N. The molecule has 0 saturated heterocycles. The first kappa shape index (κ1) is 12.3. The van der Waals surface area contributed by atoms with Gasteiger partial charge in [-0.25, -0.2) is 0 Å². The second kappa shape index (κ2) is 4.41. The molecule has 1 aliphatic heterocycles. The third-order valence-corrected chi connectivity index (χ3v) is 4.16. The van der Waals surface area contributed by atoms with Crippen molar-refractivity contribution in [1.29, 1.82) is 0 Å². The lowest BCUT2D eigenvalue weighted by atomic mass is 9.95. The van der Waals surface area contributed by atoms with Crippen LogP contribution in [0.5, 0.6) is 0 Å². The van der Waals surface area contributed by atoms with Gasteiger partial charge in [0.1, 0.15) is 0 Å². The number of hydrogen-bond acceptors (Lipinski definition) is 1. The van der Waals surface area contributed by atoms with E-state index in [2.05, 4.69) is 63.3 Å². The fourth-order valence-corrected chi connectivity index (χ4v) is 3.24. The number of benzene rings is 2. The highest BCUT2D eigenvalue weighted by Gasteiger charge is 2.24. The van der Waals surface area contributed by atoms with Gasteiger partial charge >= 0.3 is 0 Å². The third-order valence-electron chi connectivity index (χ3n) is 4.16. The Balaban J connectivity index is 1.97. The van der Waals surface area contributed by atoms with Crippen molar-refractivity contribution in [3.8, 4) is 0 Å². The van der Waals surface area contributed by atoms with Gasteiger partial charge in [0.15, 0.2) is 0 Å². The molecule has 0 aliphatic carbocycles. The van der Waals surface area contributed by atoms with E-state index in [9.17, 15) is 0 Å². The molecule has 0 fully saturated rings. The van der Waals surface area contributed by atoms with Crippen LogP contribution in [0, 0.1) is 27.7 Å². The molecule has 2 aromatic carbocycles. The van der Waals surface area contributed by atoms with Crippen LogP contribution in [0.4, 0.5) is 5.69 Å². The van der Waals surface area contributed by atoms with Crippen molar-refractivity contribution in [2.45, 2.75) is 40.2 Å². The van der Waals surface area contributed by atoms with E-state index in [1.54, 1.807) is 0 Å². The number of aryl methyl sites for hydroxylation is 4. The molecule has 1 heteroatoms. The highest BCUT2D eigenvalue weighted by Crippen LogP contribution is 2.37. The van der Waals surface area contributed by atoms with Crippen LogP contribution in [-0.2, 0) is 6.42 Å².